The highest BCUT2D eigenvalue weighted by Crippen LogP contribution is 2.29. The summed E-state index contributed by atoms with van der Waals surface area (Å²) in [5, 5.41) is 24.6. The number of hydrogen-bond donors (Lipinski definition) is 1. The lowest BCUT2D eigenvalue weighted by Gasteiger charge is -2.09. The Balaban J connectivity index is 1.93. The molecule has 0 saturated carbocycles. The molecule has 0 fully saturated rings. The summed E-state index contributed by atoms with van der Waals surface area (Å²) in [5.41, 5.74) is 3.99. The van der Waals surface area contributed by atoms with Crippen molar-refractivity contribution in [3.63, 3.8) is 0 Å². The van der Waals surface area contributed by atoms with Gasteiger partial charge in [-0.05, 0) is 6.92 Å². The summed E-state index contributed by atoms with van der Waals surface area (Å²) in [6, 6.07) is 16.6. The van der Waals surface area contributed by atoms with Gasteiger partial charge in [0, 0.05) is 22.1 Å². The number of hydrogen-bond acceptors (Lipinski definition) is 5. The number of aryl methyl sites for hydroxylation is 1. The van der Waals surface area contributed by atoms with Gasteiger partial charge < -0.3 is 5.11 Å². The van der Waals surface area contributed by atoms with E-state index >= 15 is 0 Å². The zero-order valence-electron chi connectivity index (χ0n) is 13.9. The monoisotopic (exact) mass is 350 g/mol. The Morgan fingerprint density at radius 1 is 1.00 bits per heavy atom. The molecule has 4 rings (SSSR count). The summed E-state index contributed by atoms with van der Waals surface area (Å²) in [7, 11) is 0. The minimum atomic E-state index is 0.159. The van der Waals surface area contributed by atoms with Crippen molar-refractivity contribution in [2.75, 3.05) is 12.4 Å². The van der Waals surface area contributed by atoms with Gasteiger partial charge in [-0.3, -0.25) is 0 Å². The average molecular weight is 350 g/mol. The van der Waals surface area contributed by atoms with Crippen LogP contribution in [0.2, 0.25) is 0 Å². The fraction of sp³-hybridized carbons (Fsp3) is 0.211. The van der Waals surface area contributed by atoms with E-state index in [1.54, 1.807) is 11.8 Å². The molecule has 0 radical (unpaired) electrons. The first-order valence-electron chi connectivity index (χ1n) is 8.16. The van der Waals surface area contributed by atoms with E-state index in [-0.39, 0.29) is 6.61 Å². The van der Waals surface area contributed by atoms with Crippen LogP contribution in [-0.4, -0.2) is 37.3 Å². The molecule has 25 heavy (non-hydrogen) atoms. The van der Waals surface area contributed by atoms with E-state index in [0.29, 0.717) is 11.5 Å². The number of thioether (sulfide) groups is 1. The minimum absolute atomic E-state index is 0.159. The fourth-order valence-corrected chi connectivity index (χ4v) is 3.50. The van der Waals surface area contributed by atoms with Crippen LogP contribution >= 0.6 is 11.8 Å². The molecule has 0 spiro atoms. The maximum Gasteiger partial charge on any atom is 0.185 e. The highest BCUT2D eigenvalue weighted by Gasteiger charge is 2.15. The summed E-state index contributed by atoms with van der Waals surface area (Å²) in [6.45, 7) is 2.24. The van der Waals surface area contributed by atoms with Crippen molar-refractivity contribution in [3.8, 4) is 11.3 Å². The van der Waals surface area contributed by atoms with E-state index in [0.717, 1.165) is 33.5 Å². The van der Waals surface area contributed by atoms with Crippen LogP contribution in [-0.2, 0) is 5.75 Å². The highest BCUT2D eigenvalue weighted by atomic mass is 32.2. The molecule has 126 valence electrons. The van der Waals surface area contributed by atoms with Gasteiger partial charge in [0.25, 0.3) is 0 Å². The Hall–Kier alpha value is -2.44. The van der Waals surface area contributed by atoms with E-state index in [1.165, 1.54) is 5.56 Å². The van der Waals surface area contributed by atoms with Crippen molar-refractivity contribution in [2.45, 2.75) is 12.7 Å². The van der Waals surface area contributed by atoms with Gasteiger partial charge in [-0.15, -0.1) is 10.2 Å². The van der Waals surface area contributed by atoms with E-state index in [4.69, 9.17) is 10.2 Å². The Bertz CT molecular complexity index is 1030. The van der Waals surface area contributed by atoms with Crippen LogP contribution in [0.25, 0.3) is 27.7 Å². The lowest BCUT2D eigenvalue weighted by molar-refractivity contribution is 0.322. The summed E-state index contributed by atoms with van der Waals surface area (Å²) in [4.78, 5) is 0. The van der Waals surface area contributed by atoms with E-state index in [1.807, 2.05) is 16.6 Å². The predicted octanol–water partition coefficient (Wildman–Crippen LogP) is 3.48. The molecular weight excluding hydrogens is 332 g/mol. The molecule has 2 heterocycles. The van der Waals surface area contributed by atoms with Gasteiger partial charge in [-0.25, -0.2) is 0 Å². The second-order valence-corrected chi connectivity index (χ2v) is 6.99. The number of benzene rings is 2. The van der Waals surface area contributed by atoms with Crippen LogP contribution in [0.5, 0.6) is 0 Å². The Kier molecular flexibility index (Phi) is 4.38. The number of rotatable bonds is 5. The number of aliphatic hydroxyl groups is 1. The van der Waals surface area contributed by atoms with E-state index in [2.05, 4.69) is 53.5 Å². The summed E-state index contributed by atoms with van der Waals surface area (Å²) < 4.78 is 1.84. The van der Waals surface area contributed by atoms with Gasteiger partial charge in [-0.2, -0.15) is 21.4 Å². The quantitative estimate of drug-likeness (QED) is 0.558. The molecule has 0 amide bonds. The molecule has 0 unspecified atom stereocenters. The van der Waals surface area contributed by atoms with Crippen LogP contribution in [0.4, 0.5) is 0 Å². The molecule has 0 saturated heterocycles. The topological polar surface area (TPSA) is 63.3 Å². The van der Waals surface area contributed by atoms with Crippen LogP contribution < -0.4 is 0 Å². The Morgan fingerprint density at radius 2 is 1.76 bits per heavy atom. The largest absolute Gasteiger partial charge is 0.396 e. The number of nitrogens with zero attached hydrogens (tertiary/aromatic N) is 4. The molecule has 0 aliphatic rings. The zero-order chi connectivity index (χ0) is 17.2. The molecule has 4 aromatic rings. The van der Waals surface area contributed by atoms with Gasteiger partial charge >= 0.3 is 0 Å². The van der Waals surface area contributed by atoms with Crippen molar-refractivity contribution < 1.29 is 5.11 Å². The van der Waals surface area contributed by atoms with Crippen molar-refractivity contribution >= 4 is 28.2 Å². The molecule has 0 aliphatic heterocycles. The molecule has 0 atom stereocenters. The first-order valence-corrected chi connectivity index (χ1v) is 9.32. The van der Waals surface area contributed by atoms with Gasteiger partial charge in [-0.1, -0.05) is 54.1 Å². The molecule has 2 aromatic carbocycles. The lowest BCUT2D eigenvalue weighted by Crippen LogP contribution is -2.01. The Morgan fingerprint density at radius 3 is 2.52 bits per heavy atom. The van der Waals surface area contributed by atoms with Crippen molar-refractivity contribution in [1.29, 1.82) is 0 Å². The van der Waals surface area contributed by atoms with Gasteiger partial charge in [0.15, 0.2) is 11.5 Å². The number of aromatic nitrogens is 4. The third-order valence-electron chi connectivity index (χ3n) is 4.12. The molecular formula is C19H18N4OS. The van der Waals surface area contributed by atoms with Crippen LogP contribution in [0.15, 0.2) is 48.5 Å². The molecule has 6 heteroatoms. The average Bonchev–Trinajstić information content (AvgIpc) is 3.05. The van der Waals surface area contributed by atoms with Gasteiger partial charge in [0.2, 0.25) is 0 Å². The maximum atomic E-state index is 8.99. The van der Waals surface area contributed by atoms with Gasteiger partial charge in [0.05, 0.1) is 18.1 Å². The smallest absolute Gasteiger partial charge is 0.185 e. The predicted molar refractivity (Wildman–Crippen MR) is 102 cm³/mol. The van der Waals surface area contributed by atoms with Crippen molar-refractivity contribution in [3.05, 3.63) is 59.9 Å². The van der Waals surface area contributed by atoms with E-state index < -0.39 is 0 Å². The lowest BCUT2D eigenvalue weighted by atomic mass is 10.0. The number of fused-ring (bicyclic) bond motifs is 3. The van der Waals surface area contributed by atoms with Crippen molar-refractivity contribution in [1.82, 2.24) is 19.8 Å². The summed E-state index contributed by atoms with van der Waals surface area (Å²) in [5.74, 6) is 2.14. The molecule has 0 bridgehead atoms. The van der Waals surface area contributed by atoms with Crippen LogP contribution in [0.1, 0.15) is 11.4 Å². The third kappa shape index (κ3) is 2.99. The third-order valence-corrected chi connectivity index (χ3v) is 5.05. The SMILES string of the molecule is Cc1ccc(-c2nn3c(CSCCO)nnc3c3ccccc23)cc1. The second-order valence-electron chi connectivity index (χ2n) is 5.89. The highest BCUT2D eigenvalue weighted by molar-refractivity contribution is 7.98. The standard InChI is InChI=1S/C19H18N4OS/c1-13-6-8-14(9-7-13)18-15-4-2-3-5-16(15)19-21-20-17(23(19)22-18)12-25-11-10-24/h2-9,24H,10-12H2,1H3. The molecule has 1 N–H and O–H groups in total. The molecule has 2 aromatic heterocycles. The second kappa shape index (κ2) is 6.82. The normalized spacial score (nSPS) is 11.4. The molecule has 0 aliphatic carbocycles. The van der Waals surface area contributed by atoms with Crippen LogP contribution in [0, 0.1) is 6.92 Å². The maximum absolute atomic E-state index is 8.99. The minimum Gasteiger partial charge on any atom is -0.396 e. The summed E-state index contributed by atoms with van der Waals surface area (Å²) in [6.07, 6.45) is 0. The molecule has 5 nitrogen and oxygen atoms in total. The van der Waals surface area contributed by atoms with Gasteiger partial charge in [0.1, 0.15) is 0 Å². The first-order chi connectivity index (χ1) is 12.3. The number of aliphatic hydroxyl groups excluding tert-OH is 1. The van der Waals surface area contributed by atoms with Crippen molar-refractivity contribution in [2.24, 2.45) is 0 Å². The van der Waals surface area contributed by atoms with E-state index in [9.17, 15) is 0 Å². The Labute approximate surface area is 149 Å². The zero-order valence-corrected chi connectivity index (χ0v) is 14.7. The first kappa shape index (κ1) is 16.1. The van der Waals surface area contributed by atoms with Crippen LogP contribution in [0.3, 0.4) is 0 Å². The summed E-state index contributed by atoms with van der Waals surface area (Å²) >= 11 is 1.62. The fourth-order valence-electron chi connectivity index (χ4n) is 2.87.